The molecule has 1 N–H and O–H groups in total. The Hall–Kier alpha value is -2.42. The lowest BCUT2D eigenvalue weighted by Gasteiger charge is -2.26. The third-order valence-electron chi connectivity index (χ3n) is 5.26. The normalized spacial score (nSPS) is 15.8. The number of nitrogens with one attached hydrogen (secondary N) is 1. The fraction of sp³-hybridized carbons (Fsp3) is 0.391. The summed E-state index contributed by atoms with van der Waals surface area (Å²) in [5.41, 5.74) is 2.32. The number of hydrogen-bond acceptors (Lipinski definition) is 5. The average molecular weight is 479 g/mol. The van der Waals surface area contributed by atoms with Gasteiger partial charge >= 0.3 is 5.97 Å². The fourth-order valence-electron chi connectivity index (χ4n) is 3.62. The molecular weight excluding hydrogens is 452 g/mol. The highest BCUT2D eigenvalue weighted by molar-refractivity contribution is 7.89. The van der Waals surface area contributed by atoms with Crippen LogP contribution in [-0.4, -0.2) is 43.8 Å². The van der Waals surface area contributed by atoms with Crippen LogP contribution in [0.1, 0.15) is 47.7 Å². The number of ether oxygens (including phenoxy) is 1. The number of amides is 1. The molecule has 1 amide bonds. The molecule has 0 radical (unpaired) electrons. The van der Waals surface area contributed by atoms with Crippen LogP contribution in [0.4, 0.5) is 5.69 Å². The van der Waals surface area contributed by atoms with Gasteiger partial charge in [-0.3, -0.25) is 4.79 Å². The van der Waals surface area contributed by atoms with Crippen LogP contribution >= 0.6 is 11.6 Å². The van der Waals surface area contributed by atoms with E-state index in [4.69, 9.17) is 16.3 Å². The number of sulfonamides is 1. The lowest BCUT2D eigenvalue weighted by molar-refractivity contribution is -0.123. The minimum Gasteiger partial charge on any atom is -0.449 e. The number of esters is 1. The molecule has 0 aromatic heterocycles. The van der Waals surface area contributed by atoms with Crippen LogP contribution in [0.2, 0.25) is 5.02 Å². The fourth-order valence-corrected chi connectivity index (χ4v) is 5.33. The summed E-state index contributed by atoms with van der Waals surface area (Å²) in [6.45, 7) is 6.12. The van der Waals surface area contributed by atoms with Crippen LogP contribution in [0.3, 0.4) is 0 Å². The van der Waals surface area contributed by atoms with Crippen molar-refractivity contribution in [3.05, 3.63) is 58.1 Å². The molecule has 0 saturated carbocycles. The number of benzene rings is 2. The monoisotopic (exact) mass is 478 g/mol. The topological polar surface area (TPSA) is 92.8 Å². The number of carbonyl (C=O) groups excluding carboxylic acids is 2. The third kappa shape index (κ3) is 5.68. The van der Waals surface area contributed by atoms with E-state index in [1.807, 2.05) is 19.9 Å². The summed E-state index contributed by atoms with van der Waals surface area (Å²) in [4.78, 5) is 25.1. The zero-order valence-electron chi connectivity index (χ0n) is 18.4. The van der Waals surface area contributed by atoms with Gasteiger partial charge in [-0.1, -0.05) is 35.2 Å². The van der Waals surface area contributed by atoms with E-state index >= 15 is 0 Å². The van der Waals surface area contributed by atoms with Gasteiger partial charge in [-0.15, -0.1) is 0 Å². The van der Waals surface area contributed by atoms with Crippen LogP contribution in [0.15, 0.2) is 41.3 Å². The number of piperidine rings is 1. The number of nitrogens with zero attached hydrogens (tertiary/aromatic N) is 1. The van der Waals surface area contributed by atoms with Crippen molar-refractivity contribution in [2.75, 3.05) is 18.4 Å². The minimum atomic E-state index is -3.68. The summed E-state index contributed by atoms with van der Waals surface area (Å²) in [5.74, 6) is -1.23. The van der Waals surface area contributed by atoms with Crippen molar-refractivity contribution in [1.82, 2.24) is 4.31 Å². The molecule has 9 heteroatoms. The van der Waals surface area contributed by atoms with Crippen LogP contribution < -0.4 is 5.32 Å². The molecule has 0 bridgehead atoms. The van der Waals surface area contributed by atoms with Gasteiger partial charge in [0.1, 0.15) is 0 Å². The van der Waals surface area contributed by atoms with Gasteiger partial charge in [0.2, 0.25) is 10.0 Å². The summed E-state index contributed by atoms with van der Waals surface area (Å²) in [6.07, 6.45) is 1.54. The molecule has 3 rings (SSSR count). The molecule has 0 spiro atoms. The lowest BCUT2D eigenvalue weighted by Crippen LogP contribution is -2.35. The van der Waals surface area contributed by atoms with Crippen molar-refractivity contribution in [2.24, 2.45) is 0 Å². The van der Waals surface area contributed by atoms with Crippen molar-refractivity contribution in [2.45, 2.75) is 51.0 Å². The van der Waals surface area contributed by atoms with E-state index in [1.165, 1.54) is 29.4 Å². The molecule has 172 valence electrons. The lowest BCUT2D eigenvalue weighted by atomic mass is 10.1. The number of hydrogen-bond donors (Lipinski definition) is 1. The predicted molar refractivity (Wildman–Crippen MR) is 123 cm³/mol. The molecule has 1 fully saturated rings. The van der Waals surface area contributed by atoms with E-state index in [2.05, 4.69) is 5.32 Å². The Morgan fingerprint density at radius 1 is 1.03 bits per heavy atom. The molecule has 1 heterocycles. The van der Waals surface area contributed by atoms with Crippen molar-refractivity contribution in [1.29, 1.82) is 0 Å². The first kappa shape index (κ1) is 24.2. The highest BCUT2D eigenvalue weighted by Crippen LogP contribution is 2.28. The van der Waals surface area contributed by atoms with E-state index < -0.39 is 28.0 Å². The molecule has 0 aliphatic carbocycles. The zero-order chi connectivity index (χ0) is 23.5. The predicted octanol–water partition coefficient (Wildman–Crippen LogP) is 4.32. The van der Waals surface area contributed by atoms with Crippen LogP contribution in [0.5, 0.6) is 0 Å². The Morgan fingerprint density at radius 3 is 2.28 bits per heavy atom. The standard InChI is InChI=1S/C23H27ClN2O5S/c1-15-11-16(2)13-18(12-15)23(28)31-17(3)22(27)25-21-14-19(7-8-20(21)24)32(29,30)26-9-5-4-6-10-26/h7-8,11-14,17H,4-6,9-10H2,1-3H3,(H,25,27)/t17-/m1/s1. The summed E-state index contributed by atoms with van der Waals surface area (Å²) in [5, 5.41) is 2.76. The second-order valence-electron chi connectivity index (χ2n) is 8.02. The molecule has 2 aromatic rings. The second-order valence-corrected chi connectivity index (χ2v) is 10.4. The molecular formula is C23H27ClN2O5S. The van der Waals surface area contributed by atoms with E-state index in [0.29, 0.717) is 18.7 Å². The smallest absolute Gasteiger partial charge is 0.338 e. The first-order chi connectivity index (χ1) is 15.1. The first-order valence-electron chi connectivity index (χ1n) is 10.5. The highest BCUT2D eigenvalue weighted by Gasteiger charge is 2.27. The molecule has 32 heavy (non-hydrogen) atoms. The molecule has 2 aromatic carbocycles. The molecule has 1 atom stereocenters. The SMILES string of the molecule is Cc1cc(C)cc(C(=O)O[C@H](C)C(=O)Nc2cc(S(=O)(=O)N3CCCCC3)ccc2Cl)c1. The first-order valence-corrected chi connectivity index (χ1v) is 12.3. The largest absolute Gasteiger partial charge is 0.449 e. The molecule has 1 aliphatic heterocycles. The maximum Gasteiger partial charge on any atom is 0.338 e. The number of halogens is 1. The van der Waals surface area contributed by atoms with Crippen molar-refractivity contribution in [3.63, 3.8) is 0 Å². The average Bonchev–Trinajstić information content (AvgIpc) is 2.75. The Kier molecular flexibility index (Phi) is 7.59. The van der Waals surface area contributed by atoms with Gasteiger partial charge in [0.05, 0.1) is 21.2 Å². The summed E-state index contributed by atoms with van der Waals surface area (Å²) >= 11 is 6.19. The number of aryl methyl sites for hydroxylation is 2. The Morgan fingerprint density at radius 2 is 1.66 bits per heavy atom. The zero-order valence-corrected chi connectivity index (χ0v) is 19.9. The Labute approximate surface area is 193 Å². The Bertz CT molecular complexity index is 1110. The number of rotatable bonds is 6. The molecule has 0 unspecified atom stereocenters. The van der Waals surface area contributed by atoms with Gasteiger partial charge in [0.25, 0.3) is 5.91 Å². The van der Waals surface area contributed by atoms with Gasteiger partial charge in [0, 0.05) is 13.1 Å². The van der Waals surface area contributed by atoms with Crippen LogP contribution in [0, 0.1) is 13.8 Å². The van der Waals surface area contributed by atoms with E-state index in [1.54, 1.807) is 12.1 Å². The van der Waals surface area contributed by atoms with E-state index in [-0.39, 0.29) is 15.6 Å². The summed E-state index contributed by atoms with van der Waals surface area (Å²) in [7, 11) is -3.68. The van der Waals surface area contributed by atoms with Gasteiger partial charge in [-0.25, -0.2) is 13.2 Å². The summed E-state index contributed by atoms with van der Waals surface area (Å²) < 4.78 is 32.6. The second kappa shape index (κ2) is 10.0. The summed E-state index contributed by atoms with van der Waals surface area (Å²) in [6, 6.07) is 9.49. The number of anilines is 1. The molecule has 7 nitrogen and oxygen atoms in total. The van der Waals surface area contributed by atoms with Gasteiger partial charge in [-0.2, -0.15) is 4.31 Å². The van der Waals surface area contributed by atoms with Crippen molar-refractivity contribution >= 4 is 39.2 Å². The molecule has 1 aliphatic rings. The Balaban J connectivity index is 1.72. The van der Waals surface area contributed by atoms with E-state index in [0.717, 1.165) is 30.4 Å². The maximum absolute atomic E-state index is 12.9. The molecule has 1 saturated heterocycles. The number of carbonyl (C=O) groups is 2. The van der Waals surface area contributed by atoms with Crippen LogP contribution in [-0.2, 0) is 19.6 Å². The van der Waals surface area contributed by atoms with Crippen LogP contribution in [0.25, 0.3) is 0 Å². The van der Waals surface area contributed by atoms with Gasteiger partial charge in [-0.05, 0) is 63.9 Å². The minimum absolute atomic E-state index is 0.0546. The third-order valence-corrected chi connectivity index (χ3v) is 7.48. The quantitative estimate of drug-likeness (QED) is 0.624. The van der Waals surface area contributed by atoms with Gasteiger partial charge < -0.3 is 10.1 Å². The van der Waals surface area contributed by atoms with Gasteiger partial charge in [0.15, 0.2) is 6.10 Å². The van der Waals surface area contributed by atoms with Crippen molar-refractivity contribution < 1.29 is 22.7 Å². The highest BCUT2D eigenvalue weighted by atomic mass is 35.5. The maximum atomic E-state index is 12.9. The van der Waals surface area contributed by atoms with Crippen molar-refractivity contribution in [3.8, 4) is 0 Å². The van der Waals surface area contributed by atoms with E-state index in [9.17, 15) is 18.0 Å².